The fourth-order valence-electron chi connectivity index (χ4n) is 2.68. The van der Waals surface area contributed by atoms with Crippen molar-refractivity contribution in [3.05, 3.63) is 0 Å². The Morgan fingerprint density at radius 1 is 1.53 bits per heavy atom. The minimum Gasteiger partial charge on any atom is -0.389 e. The van der Waals surface area contributed by atoms with E-state index in [1.54, 1.807) is 0 Å². The first kappa shape index (κ1) is 12.8. The highest BCUT2D eigenvalue weighted by Gasteiger charge is 2.51. The van der Waals surface area contributed by atoms with Crippen LogP contribution in [0.3, 0.4) is 0 Å². The van der Waals surface area contributed by atoms with E-state index in [0.29, 0.717) is 6.42 Å². The van der Waals surface area contributed by atoms with Gasteiger partial charge in [-0.25, -0.2) is 8.42 Å². The third-order valence-electron chi connectivity index (χ3n) is 3.74. The van der Waals surface area contributed by atoms with E-state index in [9.17, 15) is 18.8 Å². The topological polar surface area (TPSA) is 87.4 Å². The lowest BCUT2D eigenvalue weighted by molar-refractivity contribution is -0.0656. The molecule has 5 nitrogen and oxygen atoms in total. The van der Waals surface area contributed by atoms with Crippen LogP contribution in [0, 0.1) is 16.7 Å². The van der Waals surface area contributed by atoms with Gasteiger partial charge in [0.05, 0.1) is 35.9 Å². The average molecular weight is 259 g/mol. The summed E-state index contributed by atoms with van der Waals surface area (Å²) in [4.78, 5) is 0. The Morgan fingerprint density at radius 3 is 2.65 bits per heavy atom. The number of ether oxygens (including phenoxy) is 1. The second kappa shape index (κ2) is 4.23. The van der Waals surface area contributed by atoms with Gasteiger partial charge in [0, 0.05) is 0 Å². The standard InChI is InChI=1S/C11H17NO4S/c1-8-2-3-9(16-8)10(13)11(6-12)4-5-17(14,15)7-11/h8-10,13H,2-5,7H2,1H3. The lowest BCUT2D eigenvalue weighted by atomic mass is 9.80. The highest BCUT2D eigenvalue weighted by atomic mass is 32.2. The molecule has 0 amide bonds. The molecule has 96 valence electrons. The average Bonchev–Trinajstić information content (AvgIpc) is 2.82. The van der Waals surface area contributed by atoms with Crippen molar-refractivity contribution in [3.63, 3.8) is 0 Å². The zero-order valence-corrected chi connectivity index (χ0v) is 10.6. The van der Waals surface area contributed by atoms with Crippen LogP contribution in [0.4, 0.5) is 0 Å². The molecule has 0 saturated carbocycles. The molecule has 2 aliphatic rings. The predicted molar refractivity (Wildman–Crippen MR) is 60.9 cm³/mol. The van der Waals surface area contributed by atoms with Gasteiger partial charge in [-0.2, -0.15) is 5.26 Å². The summed E-state index contributed by atoms with van der Waals surface area (Å²) < 4.78 is 28.5. The Morgan fingerprint density at radius 2 is 2.24 bits per heavy atom. The molecule has 0 spiro atoms. The Hall–Kier alpha value is -0.640. The summed E-state index contributed by atoms with van der Waals surface area (Å²) in [5.74, 6) is -0.258. The van der Waals surface area contributed by atoms with Gasteiger partial charge in [-0.05, 0) is 26.2 Å². The summed E-state index contributed by atoms with van der Waals surface area (Å²) >= 11 is 0. The van der Waals surface area contributed by atoms with Crippen molar-refractivity contribution in [2.45, 2.75) is 44.5 Å². The number of rotatable bonds is 2. The van der Waals surface area contributed by atoms with E-state index in [2.05, 4.69) is 0 Å². The molecule has 4 atom stereocenters. The number of aliphatic hydroxyl groups excluding tert-OH is 1. The molecule has 2 saturated heterocycles. The van der Waals surface area contributed by atoms with Gasteiger partial charge in [-0.1, -0.05) is 0 Å². The second-order valence-corrected chi connectivity index (χ2v) is 7.30. The summed E-state index contributed by atoms with van der Waals surface area (Å²) in [5.41, 5.74) is -1.17. The van der Waals surface area contributed by atoms with Gasteiger partial charge in [0.2, 0.25) is 0 Å². The minimum atomic E-state index is -3.19. The quantitative estimate of drug-likeness (QED) is 0.767. The molecule has 0 radical (unpaired) electrons. The first-order valence-electron chi connectivity index (χ1n) is 5.84. The SMILES string of the molecule is CC1CCC(C(O)C2(C#N)CCS(=O)(=O)C2)O1. The van der Waals surface area contributed by atoms with Crippen LogP contribution in [0.2, 0.25) is 0 Å². The zero-order valence-electron chi connectivity index (χ0n) is 9.80. The molecule has 0 aromatic carbocycles. The molecule has 4 unspecified atom stereocenters. The summed E-state index contributed by atoms with van der Waals surface area (Å²) in [7, 11) is -3.19. The van der Waals surface area contributed by atoms with Crippen LogP contribution in [0.1, 0.15) is 26.2 Å². The normalized spacial score (nSPS) is 42.2. The van der Waals surface area contributed by atoms with Crippen LogP contribution in [-0.4, -0.2) is 43.3 Å². The highest BCUT2D eigenvalue weighted by molar-refractivity contribution is 7.91. The summed E-state index contributed by atoms with van der Waals surface area (Å²) in [6, 6.07) is 2.02. The van der Waals surface area contributed by atoms with E-state index < -0.39 is 27.5 Å². The van der Waals surface area contributed by atoms with Crippen molar-refractivity contribution in [1.29, 1.82) is 5.26 Å². The largest absolute Gasteiger partial charge is 0.389 e. The van der Waals surface area contributed by atoms with Crippen molar-refractivity contribution in [3.8, 4) is 6.07 Å². The fourth-order valence-corrected chi connectivity index (χ4v) is 4.67. The highest BCUT2D eigenvalue weighted by Crippen LogP contribution is 2.39. The molecule has 2 fully saturated rings. The van der Waals surface area contributed by atoms with Gasteiger partial charge in [-0.15, -0.1) is 0 Å². The van der Waals surface area contributed by atoms with Crippen molar-refractivity contribution >= 4 is 9.84 Å². The molecular formula is C11H17NO4S. The maximum atomic E-state index is 11.5. The second-order valence-electron chi connectivity index (χ2n) is 5.12. The number of sulfone groups is 1. The summed E-state index contributed by atoms with van der Waals surface area (Å²) in [5, 5.41) is 19.5. The van der Waals surface area contributed by atoms with Crippen LogP contribution in [0.15, 0.2) is 0 Å². The third-order valence-corrected chi connectivity index (χ3v) is 5.52. The van der Waals surface area contributed by atoms with E-state index in [4.69, 9.17) is 4.74 Å². The smallest absolute Gasteiger partial charge is 0.152 e. The van der Waals surface area contributed by atoms with Gasteiger partial charge in [0.25, 0.3) is 0 Å². The summed E-state index contributed by atoms with van der Waals surface area (Å²) in [6.45, 7) is 1.91. The Kier molecular flexibility index (Phi) is 3.19. The molecule has 0 aromatic heterocycles. The first-order valence-corrected chi connectivity index (χ1v) is 7.66. The maximum Gasteiger partial charge on any atom is 0.152 e. The number of hydrogen-bond donors (Lipinski definition) is 1. The fraction of sp³-hybridized carbons (Fsp3) is 0.909. The Balaban J connectivity index is 2.17. The predicted octanol–water partition coefficient (Wildman–Crippen LogP) is 0.243. The van der Waals surface area contributed by atoms with Crippen molar-refractivity contribution in [2.75, 3.05) is 11.5 Å². The molecule has 0 aliphatic carbocycles. The lowest BCUT2D eigenvalue weighted by Crippen LogP contribution is -2.43. The number of nitrogens with zero attached hydrogens (tertiary/aromatic N) is 1. The van der Waals surface area contributed by atoms with E-state index in [0.717, 1.165) is 6.42 Å². The molecule has 2 heterocycles. The Labute approximate surface area is 101 Å². The van der Waals surface area contributed by atoms with E-state index in [1.807, 2.05) is 13.0 Å². The van der Waals surface area contributed by atoms with Crippen LogP contribution in [-0.2, 0) is 14.6 Å². The van der Waals surface area contributed by atoms with Crippen LogP contribution >= 0.6 is 0 Å². The molecule has 0 bridgehead atoms. The first-order chi connectivity index (χ1) is 7.88. The van der Waals surface area contributed by atoms with Crippen LogP contribution in [0.5, 0.6) is 0 Å². The number of nitriles is 1. The van der Waals surface area contributed by atoms with Gasteiger partial charge in [0.1, 0.15) is 5.41 Å². The third kappa shape index (κ3) is 2.32. The van der Waals surface area contributed by atoms with E-state index >= 15 is 0 Å². The van der Waals surface area contributed by atoms with Crippen molar-refractivity contribution in [2.24, 2.45) is 5.41 Å². The monoisotopic (exact) mass is 259 g/mol. The van der Waals surface area contributed by atoms with Gasteiger partial charge < -0.3 is 9.84 Å². The molecule has 17 heavy (non-hydrogen) atoms. The minimum absolute atomic E-state index is 0.0140. The van der Waals surface area contributed by atoms with Crippen LogP contribution < -0.4 is 0 Å². The van der Waals surface area contributed by atoms with Crippen molar-refractivity contribution < 1.29 is 18.3 Å². The molecule has 2 rings (SSSR count). The van der Waals surface area contributed by atoms with E-state index in [1.165, 1.54) is 0 Å². The van der Waals surface area contributed by atoms with E-state index in [-0.39, 0.29) is 24.0 Å². The van der Waals surface area contributed by atoms with Gasteiger partial charge in [-0.3, -0.25) is 0 Å². The molecule has 2 aliphatic heterocycles. The van der Waals surface area contributed by atoms with Gasteiger partial charge in [0.15, 0.2) is 9.84 Å². The molecule has 1 N–H and O–H groups in total. The molecular weight excluding hydrogens is 242 g/mol. The zero-order chi connectivity index (χ0) is 12.7. The Bertz CT molecular complexity index is 441. The number of hydrogen-bond acceptors (Lipinski definition) is 5. The number of aliphatic hydroxyl groups is 1. The maximum absolute atomic E-state index is 11.5. The van der Waals surface area contributed by atoms with Crippen LogP contribution in [0.25, 0.3) is 0 Å². The molecule has 6 heteroatoms. The summed E-state index contributed by atoms with van der Waals surface area (Å²) in [6.07, 6.45) is 0.402. The molecule has 0 aromatic rings. The lowest BCUT2D eigenvalue weighted by Gasteiger charge is -2.30. The van der Waals surface area contributed by atoms with Crippen molar-refractivity contribution in [1.82, 2.24) is 0 Å². The van der Waals surface area contributed by atoms with Gasteiger partial charge >= 0.3 is 0 Å².